The molecule has 0 radical (unpaired) electrons. The second-order valence-corrected chi connectivity index (χ2v) is 2.88. The predicted molar refractivity (Wildman–Crippen MR) is 56.5 cm³/mol. The molecule has 0 saturated carbocycles. The quantitative estimate of drug-likeness (QED) is 0.750. The van der Waals surface area contributed by atoms with Gasteiger partial charge >= 0.3 is 0 Å². The predicted octanol–water partition coefficient (Wildman–Crippen LogP) is 1.75. The maximum Gasteiger partial charge on any atom is 0.122 e. The van der Waals surface area contributed by atoms with Crippen LogP contribution in [-0.2, 0) is 0 Å². The Kier molecular flexibility index (Phi) is 1.06. The molecule has 0 spiro atoms. The summed E-state index contributed by atoms with van der Waals surface area (Å²) in [6.45, 7) is -10.3. The molecule has 1 N–H and O–H groups in total. The lowest BCUT2D eigenvalue weighted by molar-refractivity contribution is 0.589. The van der Waals surface area contributed by atoms with Gasteiger partial charge in [-0.25, -0.2) is 0 Å². The lowest BCUT2D eigenvalue weighted by atomic mass is 10.2. The standard InChI is InChI=1S/C10H13ClN2/c11-9-2-1-3-10(8-9)13-6-4-12-5-7-13/h1-3,8,12H,4-7H2/i4D2,5D2,6D,7D2/hD. The molecule has 1 atom stereocenters. The third-order valence-electron chi connectivity index (χ3n) is 1.56. The van der Waals surface area contributed by atoms with Crippen LogP contribution >= 0.6 is 11.6 Å². The van der Waals surface area contributed by atoms with Crippen molar-refractivity contribution < 1.29 is 11.0 Å². The topological polar surface area (TPSA) is 15.3 Å². The zero-order chi connectivity index (χ0) is 16.2. The van der Waals surface area contributed by atoms with E-state index in [4.69, 9.17) is 22.6 Å². The Hall–Kier alpha value is -0.730. The molecule has 1 fully saturated rings. The third kappa shape index (κ3) is 2.14. The molecule has 0 aromatic heterocycles. The highest BCUT2D eigenvalue weighted by Crippen LogP contribution is 2.19. The lowest BCUT2D eigenvalue weighted by Gasteiger charge is -2.29. The fourth-order valence-electron chi connectivity index (χ4n) is 0.995. The van der Waals surface area contributed by atoms with Gasteiger partial charge in [-0.1, -0.05) is 17.7 Å². The Morgan fingerprint density at radius 1 is 1.54 bits per heavy atom. The summed E-state index contributed by atoms with van der Waals surface area (Å²) in [4.78, 5) is 0.671. The van der Waals surface area contributed by atoms with Crippen LogP contribution in [0.2, 0.25) is 6.43 Å². The van der Waals surface area contributed by atoms with E-state index in [1.54, 1.807) is 0 Å². The van der Waals surface area contributed by atoms with Gasteiger partial charge in [-0.05, 0) is 18.2 Å². The first kappa shape index (κ1) is 3.44. The smallest absolute Gasteiger partial charge is 0.122 e. The van der Waals surface area contributed by atoms with E-state index in [1.165, 1.54) is 24.3 Å². The minimum Gasteiger partial charge on any atom is -0.369 e. The molecular formula is C10H13ClN2. The van der Waals surface area contributed by atoms with Gasteiger partial charge in [0.25, 0.3) is 0 Å². The zero-order valence-corrected chi connectivity index (χ0v) is 7.42. The molecule has 1 saturated heterocycles. The molecule has 0 bridgehead atoms. The number of nitrogens with zero attached hydrogens (tertiary/aromatic N) is 1. The Balaban J connectivity index is 2.62. The first-order valence-corrected chi connectivity index (χ1v) is 4.08. The molecule has 1 aliphatic heterocycles. The van der Waals surface area contributed by atoms with Crippen molar-refractivity contribution >= 4 is 17.3 Å². The summed E-state index contributed by atoms with van der Waals surface area (Å²) in [5, 5.41) is 0.128. The molecule has 1 unspecified atom stereocenters. The number of anilines is 1. The van der Waals surface area contributed by atoms with E-state index in [9.17, 15) is 0 Å². The number of piperazine rings is 1. The van der Waals surface area contributed by atoms with Crippen molar-refractivity contribution in [2.24, 2.45) is 0 Å². The molecule has 1 aromatic rings. The van der Waals surface area contributed by atoms with E-state index in [2.05, 4.69) is 0 Å². The highest BCUT2D eigenvalue weighted by molar-refractivity contribution is 6.30. The van der Waals surface area contributed by atoms with Gasteiger partial charge in [-0.3, -0.25) is 0 Å². The molecule has 0 aliphatic carbocycles. The summed E-state index contributed by atoms with van der Waals surface area (Å²) in [6, 6.07) is 5.77. The maximum atomic E-state index is 7.96. The second kappa shape index (κ2) is 3.99. The third-order valence-corrected chi connectivity index (χ3v) is 1.80. The van der Waals surface area contributed by atoms with Gasteiger partial charge in [0.2, 0.25) is 0 Å². The van der Waals surface area contributed by atoms with Crippen LogP contribution in [-0.4, -0.2) is 26.0 Å². The van der Waals surface area contributed by atoms with E-state index < -0.39 is 26.0 Å². The van der Waals surface area contributed by atoms with Crippen LogP contribution < -0.4 is 10.2 Å². The molecule has 70 valence electrons. The molecule has 1 aromatic carbocycles. The van der Waals surface area contributed by atoms with E-state index in [0.29, 0.717) is 4.90 Å². The first-order chi connectivity index (χ1) is 9.44. The molecular weight excluding hydrogens is 184 g/mol. The van der Waals surface area contributed by atoms with E-state index >= 15 is 0 Å². The average Bonchev–Trinajstić information content (AvgIpc) is 2.36. The largest absolute Gasteiger partial charge is 0.369 e. The Morgan fingerprint density at radius 3 is 3.31 bits per heavy atom. The summed E-state index contributed by atoms with van der Waals surface area (Å²) >= 11 is 5.83. The molecule has 1 aliphatic rings. The summed E-state index contributed by atoms with van der Waals surface area (Å²) in [5.41, 5.74) is 0.0772. The summed E-state index contributed by atoms with van der Waals surface area (Å²) in [5.74, 6) is 0. The number of hydrogen-bond acceptors (Lipinski definition) is 2. The van der Waals surface area contributed by atoms with Gasteiger partial charge in [-0.2, -0.15) is 0 Å². The molecule has 13 heavy (non-hydrogen) atoms. The first-order valence-electron chi connectivity index (χ1n) is 7.73. The minimum atomic E-state index is -2.96. The van der Waals surface area contributed by atoms with Crippen LogP contribution in [0.3, 0.4) is 0 Å². The fourth-order valence-corrected chi connectivity index (χ4v) is 1.18. The van der Waals surface area contributed by atoms with Gasteiger partial charge in [0.1, 0.15) is 1.41 Å². The molecule has 3 heteroatoms. The number of halogens is 1. The van der Waals surface area contributed by atoms with Crippen molar-refractivity contribution in [3.8, 4) is 0 Å². The molecule has 1 heterocycles. The van der Waals surface area contributed by atoms with Gasteiger partial charge in [0, 0.05) is 42.2 Å². The Labute approximate surface area is 94.8 Å². The van der Waals surface area contributed by atoms with Gasteiger partial charge in [0.05, 0.1) is 4.11 Å². The van der Waals surface area contributed by atoms with Crippen molar-refractivity contribution in [2.45, 2.75) is 0 Å². The molecule has 0 amide bonds. The number of nitrogens with one attached hydrogen (secondary N) is 1. The molecule has 2 nitrogen and oxygen atoms in total. The second-order valence-electron chi connectivity index (χ2n) is 2.44. The summed E-state index contributed by atoms with van der Waals surface area (Å²) in [6.07, 6.45) is 0. The van der Waals surface area contributed by atoms with Gasteiger partial charge < -0.3 is 10.2 Å². The lowest BCUT2D eigenvalue weighted by Crippen LogP contribution is -2.43. The van der Waals surface area contributed by atoms with Crippen LogP contribution in [0.5, 0.6) is 0 Å². The normalized spacial score (nSPS) is 45.3. The maximum absolute atomic E-state index is 7.96. The average molecular weight is 205 g/mol. The Morgan fingerprint density at radius 2 is 2.46 bits per heavy atom. The highest BCUT2D eigenvalue weighted by Gasteiger charge is 2.09. The van der Waals surface area contributed by atoms with Crippen LogP contribution in [0.25, 0.3) is 0 Å². The van der Waals surface area contributed by atoms with Crippen LogP contribution in [0, 0.1) is 0 Å². The molecule has 2 rings (SSSR count). The zero-order valence-electron chi connectivity index (χ0n) is 14.7. The monoisotopic (exact) mass is 204 g/mol. The SMILES string of the molecule is [2H]C1N(c2cccc(Cl)c2)C([2H])([2H])C([2H])([2H])N([2H])C1([2H])[2H]. The minimum absolute atomic E-state index is 0.0772. The van der Waals surface area contributed by atoms with Gasteiger partial charge in [-0.15, -0.1) is 0 Å². The highest BCUT2D eigenvalue weighted by atomic mass is 35.5. The summed E-state index contributed by atoms with van der Waals surface area (Å²) < 4.78 is 62.4. The number of benzene rings is 1. The number of rotatable bonds is 1. The van der Waals surface area contributed by atoms with Crippen molar-refractivity contribution in [1.29, 1.82) is 0 Å². The van der Waals surface area contributed by atoms with Crippen molar-refractivity contribution in [3.05, 3.63) is 29.3 Å². The van der Waals surface area contributed by atoms with Crippen molar-refractivity contribution in [2.75, 3.05) is 30.9 Å². The summed E-state index contributed by atoms with van der Waals surface area (Å²) in [7, 11) is 0. The fraction of sp³-hybridized carbons (Fsp3) is 0.400. The van der Waals surface area contributed by atoms with E-state index in [1.807, 2.05) is 0 Å². The van der Waals surface area contributed by atoms with Crippen LogP contribution in [0.15, 0.2) is 24.3 Å². The van der Waals surface area contributed by atoms with Crippen molar-refractivity contribution in [3.63, 3.8) is 0 Å². The van der Waals surface area contributed by atoms with Crippen molar-refractivity contribution in [1.82, 2.24) is 5.31 Å². The Bertz CT molecular complexity index is 552. The number of hydrogen-bond donors (Lipinski definition) is 1. The van der Waals surface area contributed by atoms with E-state index in [0.717, 1.165) is 0 Å². The van der Waals surface area contributed by atoms with E-state index in [-0.39, 0.29) is 16.0 Å². The van der Waals surface area contributed by atoms with Gasteiger partial charge in [0.15, 0.2) is 0 Å². The van der Waals surface area contributed by atoms with Crippen LogP contribution in [0.4, 0.5) is 5.69 Å². The van der Waals surface area contributed by atoms with Crippen LogP contribution in [0.1, 0.15) is 9.60 Å².